The smallest absolute Gasteiger partial charge is 0.277 e. The molecule has 0 aromatic carbocycles. The summed E-state index contributed by atoms with van der Waals surface area (Å²) in [6, 6.07) is -0.506. The molecule has 0 radical (unpaired) electrons. The molecule has 0 saturated carbocycles. The molecular formula is C11H18N2O4. The van der Waals surface area contributed by atoms with Gasteiger partial charge in [-0.2, -0.15) is 0 Å². The molecule has 0 aromatic rings. The summed E-state index contributed by atoms with van der Waals surface area (Å²) in [6.07, 6.45) is 1.80. The van der Waals surface area contributed by atoms with E-state index in [1.54, 1.807) is 0 Å². The summed E-state index contributed by atoms with van der Waals surface area (Å²) in [7, 11) is 0. The lowest BCUT2D eigenvalue weighted by Gasteiger charge is -2.42. The Morgan fingerprint density at radius 2 is 2.35 bits per heavy atom. The number of amides is 2. The fourth-order valence-corrected chi connectivity index (χ4v) is 2.56. The molecule has 3 atom stereocenters. The molecule has 2 aliphatic rings. The molecule has 2 aliphatic heterocycles. The molecule has 0 aliphatic carbocycles. The minimum Gasteiger partial charge on any atom is -0.340 e. The number of nitrogens with one attached hydrogen (secondary N) is 1. The average Bonchev–Trinajstić information content (AvgIpc) is 2.78. The van der Waals surface area contributed by atoms with Gasteiger partial charge >= 0.3 is 0 Å². The van der Waals surface area contributed by atoms with Gasteiger partial charge in [0.15, 0.2) is 0 Å². The highest BCUT2D eigenvalue weighted by Crippen LogP contribution is 2.34. The Morgan fingerprint density at radius 3 is 2.94 bits per heavy atom. The number of hydrogen-bond acceptors (Lipinski definition) is 4. The Hall–Kier alpha value is -1.14. The minimum absolute atomic E-state index is 0.0729. The van der Waals surface area contributed by atoms with Crippen LogP contribution in [-0.4, -0.2) is 40.3 Å². The number of carbonyl (C=O) groups is 2. The summed E-state index contributed by atoms with van der Waals surface area (Å²) in [5.41, 5.74) is -1.49. The number of rotatable bonds is 3. The van der Waals surface area contributed by atoms with Gasteiger partial charge in [-0.3, -0.25) is 9.59 Å². The maximum absolute atomic E-state index is 12.2. The fourth-order valence-electron chi connectivity index (χ4n) is 2.56. The molecule has 0 unspecified atom stereocenters. The summed E-state index contributed by atoms with van der Waals surface area (Å²) in [4.78, 5) is 30.0. The van der Waals surface area contributed by atoms with Crippen LogP contribution in [0.15, 0.2) is 0 Å². The van der Waals surface area contributed by atoms with Crippen molar-refractivity contribution in [3.63, 3.8) is 0 Å². The van der Waals surface area contributed by atoms with Crippen molar-refractivity contribution >= 4 is 11.8 Å². The lowest BCUT2D eigenvalue weighted by Crippen LogP contribution is -2.70. The van der Waals surface area contributed by atoms with E-state index in [2.05, 4.69) is 10.2 Å². The van der Waals surface area contributed by atoms with Crippen molar-refractivity contribution in [3.8, 4) is 0 Å². The van der Waals surface area contributed by atoms with Crippen molar-refractivity contribution in [3.05, 3.63) is 0 Å². The maximum Gasteiger partial charge on any atom is 0.277 e. The number of piperazine rings is 1. The Labute approximate surface area is 99.8 Å². The molecule has 2 N–H and O–H groups in total. The maximum atomic E-state index is 12.2. The van der Waals surface area contributed by atoms with Gasteiger partial charge in [-0.15, -0.1) is 0 Å². The molecule has 2 heterocycles. The lowest BCUT2D eigenvalue weighted by molar-refractivity contribution is -0.341. The number of carbonyl (C=O) groups excluding carboxylic acids is 2. The van der Waals surface area contributed by atoms with E-state index in [1.165, 1.54) is 4.90 Å². The largest absolute Gasteiger partial charge is 0.340 e. The van der Waals surface area contributed by atoms with Gasteiger partial charge in [-0.05, 0) is 12.3 Å². The lowest BCUT2D eigenvalue weighted by atomic mass is 9.93. The van der Waals surface area contributed by atoms with E-state index in [-0.39, 0.29) is 11.8 Å². The van der Waals surface area contributed by atoms with Gasteiger partial charge in [-0.1, -0.05) is 20.3 Å². The Balaban J connectivity index is 2.29. The fraction of sp³-hybridized carbons (Fsp3) is 0.818. The van der Waals surface area contributed by atoms with Crippen molar-refractivity contribution in [2.75, 3.05) is 6.54 Å². The van der Waals surface area contributed by atoms with E-state index < -0.39 is 17.7 Å². The predicted molar refractivity (Wildman–Crippen MR) is 58.8 cm³/mol. The van der Waals surface area contributed by atoms with Crippen molar-refractivity contribution < 1.29 is 19.7 Å². The highest BCUT2D eigenvalue weighted by molar-refractivity contribution is 5.99. The molecule has 2 amide bonds. The van der Waals surface area contributed by atoms with Gasteiger partial charge in [0.1, 0.15) is 6.04 Å². The van der Waals surface area contributed by atoms with Crippen LogP contribution in [0.5, 0.6) is 0 Å². The van der Waals surface area contributed by atoms with E-state index in [0.717, 1.165) is 6.42 Å². The summed E-state index contributed by atoms with van der Waals surface area (Å²) >= 11 is 0. The zero-order valence-electron chi connectivity index (χ0n) is 10.1. The molecule has 96 valence electrons. The van der Waals surface area contributed by atoms with Gasteiger partial charge in [0.25, 0.3) is 11.6 Å². The minimum atomic E-state index is -1.49. The summed E-state index contributed by atoms with van der Waals surface area (Å²) in [6.45, 7) is 4.35. The normalized spacial score (nSPS) is 34.5. The van der Waals surface area contributed by atoms with E-state index in [9.17, 15) is 9.59 Å². The van der Waals surface area contributed by atoms with Crippen LogP contribution < -0.4 is 5.32 Å². The second kappa shape index (κ2) is 4.27. The first-order valence-electron chi connectivity index (χ1n) is 6.02. The molecule has 2 fully saturated rings. The average molecular weight is 242 g/mol. The summed E-state index contributed by atoms with van der Waals surface area (Å²) in [5.74, 6) is -0.503. The number of hydrogen-bond donors (Lipinski definition) is 2. The SMILES string of the molecule is CC[C@H](C)[C@@H]1NC(=O)[C@@]2(OO)CCCN2C1=O. The van der Waals surface area contributed by atoms with Gasteiger partial charge in [0.2, 0.25) is 5.91 Å². The van der Waals surface area contributed by atoms with E-state index in [1.807, 2.05) is 13.8 Å². The molecular weight excluding hydrogens is 224 g/mol. The molecule has 0 spiro atoms. The third kappa shape index (κ3) is 1.63. The highest BCUT2D eigenvalue weighted by Gasteiger charge is 2.57. The molecule has 2 saturated heterocycles. The van der Waals surface area contributed by atoms with Gasteiger partial charge in [-0.25, -0.2) is 10.1 Å². The Morgan fingerprint density at radius 1 is 1.65 bits per heavy atom. The zero-order chi connectivity index (χ0) is 12.6. The second-order valence-corrected chi connectivity index (χ2v) is 4.81. The zero-order valence-corrected chi connectivity index (χ0v) is 10.1. The third-order valence-corrected chi connectivity index (χ3v) is 3.87. The van der Waals surface area contributed by atoms with Crippen molar-refractivity contribution in [2.24, 2.45) is 5.92 Å². The highest BCUT2D eigenvalue weighted by atomic mass is 17.1. The number of fused-ring (bicyclic) bond motifs is 1. The van der Waals surface area contributed by atoms with Gasteiger partial charge < -0.3 is 10.2 Å². The van der Waals surface area contributed by atoms with Crippen molar-refractivity contribution in [1.29, 1.82) is 0 Å². The van der Waals surface area contributed by atoms with Crippen molar-refractivity contribution in [2.45, 2.75) is 44.9 Å². The molecule has 0 aromatic heterocycles. The first kappa shape index (κ1) is 12.3. The monoisotopic (exact) mass is 242 g/mol. The van der Waals surface area contributed by atoms with E-state index in [0.29, 0.717) is 19.4 Å². The van der Waals surface area contributed by atoms with E-state index in [4.69, 9.17) is 5.26 Å². The van der Waals surface area contributed by atoms with Crippen LogP contribution in [0.2, 0.25) is 0 Å². The van der Waals surface area contributed by atoms with Gasteiger partial charge in [0.05, 0.1) is 0 Å². The van der Waals surface area contributed by atoms with Crippen LogP contribution in [-0.2, 0) is 14.5 Å². The first-order valence-corrected chi connectivity index (χ1v) is 6.02. The molecule has 6 nitrogen and oxygen atoms in total. The number of nitrogens with zero attached hydrogens (tertiary/aromatic N) is 1. The topological polar surface area (TPSA) is 78.9 Å². The predicted octanol–water partition coefficient (Wildman–Crippen LogP) is 0.339. The van der Waals surface area contributed by atoms with Crippen LogP contribution in [0.3, 0.4) is 0 Å². The van der Waals surface area contributed by atoms with Crippen LogP contribution in [0.4, 0.5) is 0 Å². The molecule has 6 heteroatoms. The van der Waals surface area contributed by atoms with Crippen LogP contribution in [0.1, 0.15) is 33.1 Å². The quantitative estimate of drug-likeness (QED) is 0.552. The molecule has 17 heavy (non-hydrogen) atoms. The third-order valence-electron chi connectivity index (χ3n) is 3.87. The summed E-state index contributed by atoms with van der Waals surface area (Å²) in [5, 5.41) is 11.6. The Kier molecular flexibility index (Phi) is 3.09. The molecule has 0 bridgehead atoms. The first-order chi connectivity index (χ1) is 8.06. The summed E-state index contributed by atoms with van der Waals surface area (Å²) < 4.78 is 0. The second-order valence-electron chi connectivity index (χ2n) is 4.81. The van der Waals surface area contributed by atoms with E-state index >= 15 is 0 Å². The van der Waals surface area contributed by atoms with Crippen LogP contribution in [0.25, 0.3) is 0 Å². The van der Waals surface area contributed by atoms with Crippen molar-refractivity contribution in [1.82, 2.24) is 10.2 Å². The van der Waals surface area contributed by atoms with Crippen LogP contribution in [0, 0.1) is 5.92 Å². The molecule has 2 rings (SSSR count). The van der Waals surface area contributed by atoms with Gasteiger partial charge in [0, 0.05) is 13.0 Å². The Bertz CT molecular complexity index is 346. The van der Waals surface area contributed by atoms with Crippen LogP contribution >= 0.6 is 0 Å². The standard InChI is InChI=1S/C11H18N2O4/c1-3-7(2)8-9(14)13-6-4-5-11(13,17-16)10(15)12-8/h7-8,16H,3-6H2,1-2H3,(H,12,15)/t7-,8-,11-/m0/s1.